The summed E-state index contributed by atoms with van der Waals surface area (Å²) in [6, 6.07) is 8.05. The van der Waals surface area contributed by atoms with Crippen LogP contribution in [0, 0.1) is 5.92 Å². The van der Waals surface area contributed by atoms with E-state index in [9.17, 15) is 4.79 Å². The molecule has 1 aromatic carbocycles. The molecule has 3 nitrogen and oxygen atoms in total. The molecule has 108 valence electrons. The van der Waals surface area contributed by atoms with Gasteiger partial charge in [-0.15, -0.1) is 0 Å². The number of ketones is 1. The number of Topliss-reactive ketones (excluding diaryl/α,β-unsaturated/α-hetero) is 1. The number of para-hydroxylation sites is 1. The van der Waals surface area contributed by atoms with Gasteiger partial charge < -0.3 is 9.88 Å². The first-order chi connectivity index (χ1) is 9.29. The Kier molecular flexibility index (Phi) is 4.00. The van der Waals surface area contributed by atoms with E-state index >= 15 is 0 Å². The Bertz CT molecular complexity index is 619. The molecule has 0 aliphatic heterocycles. The SMILES string of the molecule is C[C@@H](CNC(C)(C)C)C(=O)c1cn(C)c2ccccc12. The number of nitrogens with zero attached hydrogens (tertiary/aromatic N) is 1. The number of aromatic nitrogens is 1. The lowest BCUT2D eigenvalue weighted by Crippen LogP contribution is -2.40. The molecule has 0 radical (unpaired) electrons. The summed E-state index contributed by atoms with van der Waals surface area (Å²) in [7, 11) is 1.98. The molecule has 0 saturated heterocycles. The molecule has 1 atom stereocenters. The molecule has 1 heterocycles. The molecule has 20 heavy (non-hydrogen) atoms. The number of hydrogen-bond acceptors (Lipinski definition) is 2. The summed E-state index contributed by atoms with van der Waals surface area (Å²) in [4.78, 5) is 12.6. The van der Waals surface area contributed by atoms with Gasteiger partial charge in [0, 0.05) is 47.7 Å². The number of benzene rings is 1. The molecule has 0 spiro atoms. The molecule has 2 aromatic rings. The summed E-state index contributed by atoms with van der Waals surface area (Å²) in [5.74, 6) is 0.179. The molecule has 2 rings (SSSR count). The van der Waals surface area contributed by atoms with E-state index in [1.165, 1.54) is 0 Å². The lowest BCUT2D eigenvalue weighted by atomic mass is 9.97. The second-order valence-corrected chi connectivity index (χ2v) is 6.57. The zero-order valence-corrected chi connectivity index (χ0v) is 13.0. The van der Waals surface area contributed by atoms with Crippen LogP contribution >= 0.6 is 0 Å². The van der Waals surface area contributed by atoms with Gasteiger partial charge in [0.05, 0.1) is 0 Å². The summed E-state index contributed by atoms with van der Waals surface area (Å²) < 4.78 is 2.02. The van der Waals surface area contributed by atoms with Crippen LogP contribution in [0.15, 0.2) is 30.5 Å². The van der Waals surface area contributed by atoms with E-state index in [1.54, 1.807) is 0 Å². The van der Waals surface area contributed by atoms with Crippen molar-refractivity contribution < 1.29 is 4.79 Å². The third-order valence-corrected chi connectivity index (χ3v) is 3.55. The van der Waals surface area contributed by atoms with Crippen molar-refractivity contribution in [3.8, 4) is 0 Å². The summed E-state index contributed by atoms with van der Waals surface area (Å²) in [5, 5.41) is 4.44. The minimum Gasteiger partial charge on any atom is -0.350 e. The minimum atomic E-state index is -0.0277. The second-order valence-electron chi connectivity index (χ2n) is 6.57. The zero-order valence-electron chi connectivity index (χ0n) is 13.0. The van der Waals surface area contributed by atoms with Crippen LogP contribution in [-0.4, -0.2) is 22.4 Å². The van der Waals surface area contributed by atoms with E-state index in [0.29, 0.717) is 6.54 Å². The van der Waals surface area contributed by atoms with Crippen molar-refractivity contribution in [3.05, 3.63) is 36.0 Å². The predicted molar refractivity (Wildman–Crippen MR) is 84.2 cm³/mol. The van der Waals surface area contributed by atoms with Gasteiger partial charge in [-0.1, -0.05) is 25.1 Å². The Morgan fingerprint density at radius 1 is 1.30 bits per heavy atom. The van der Waals surface area contributed by atoms with E-state index in [1.807, 2.05) is 49.0 Å². The molecule has 0 fully saturated rings. The van der Waals surface area contributed by atoms with Crippen molar-refractivity contribution in [1.29, 1.82) is 0 Å². The van der Waals surface area contributed by atoms with Gasteiger partial charge in [0.15, 0.2) is 5.78 Å². The third kappa shape index (κ3) is 3.10. The van der Waals surface area contributed by atoms with Crippen LogP contribution < -0.4 is 5.32 Å². The van der Waals surface area contributed by atoms with E-state index in [2.05, 4.69) is 26.1 Å². The number of hydrogen-bond donors (Lipinski definition) is 1. The largest absolute Gasteiger partial charge is 0.350 e. The molecule has 0 amide bonds. The molecule has 1 N–H and O–H groups in total. The van der Waals surface area contributed by atoms with Gasteiger partial charge in [-0.25, -0.2) is 0 Å². The smallest absolute Gasteiger partial charge is 0.169 e. The topological polar surface area (TPSA) is 34.0 Å². The van der Waals surface area contributed by atoms with Crippen molar-refractivity contribution in [3.63, 3.8) is 0 Å². The fraction of sp³-hybridized carbons (Fsp3) is 0.471. The van der Waals surface area contributed by atoms with Crippen molar-refractivity contribution in [2.75, 3.05) is 6.54 Å². The van der Waals surface area contributed by atoms with Crippen LogP contribution in [0.1, 0.15) is 38.1 Å². The van der Waals surface area contributed by atoms with Crippen molar-refractivity contribution in [2.45, 2.75) is 33.2 Å². The maximum Gasteiger partial charge on any atom is 0.169 e. The molecular formula is C17H24N2O. The molecule has 0 bridgehead atoms. The van der Waals surface area contributed by atoms with E-state index in [-0.39, 0.29) is 17.2 Å². The maximum absolute atomic E-state index is 12.6. The molecule has 0 saturated carbocycles. The molecule has 3 heteroatoms. The lowest BCUT2D eigenvalue weighted by molar-refractivity contribution is 0.0926. The van der Waals surface area contributed by atoms with Crippen LogP contribution in [0.2, 0.25) is 0 Å². The second kappa shape index (κ2) is 5.41. The van der Waals surface area contributed by atoms with Gasteiger partial charge >= 0.3 is 0 Å². The number of fused-ring (bicyclic) bond motifs is 1. The molecular weight excluding hydrogens is 248 g/mol. The Labute approximate surface area is 121 Å². The first-order valence-corrected chi connectivity index (χ1v) is 7.13. The number of carbonyl (C=O) groups excluding carboxylic acids is 1. The van der Waals surface area contributed by atoms with Crippen LogP contribution in [0.4, 0.5) is 0 Å². The highest BCUT2D eigenvalue weighted by molar-refractivity contribution is 6.09. The van der Waals surface area contributed by atoms with E-state index < -0.39 is 0 Å². The van der Waals surface area contributed by atoms with Gasteiger partial charge in [-0.2, -0.15) is 0 Å². The van der Waals surface area contributed by atoms with Gasteiger partial charge in [-0.05, 0) is 26.8 Å². The molecule has 0 aliphatic carbocycles. The first-order valence-electron chi connectivity index (χ1n) is 7.13. The average Bonchev–Trinajstić information content (AvgIpc) is 2.72. The van der Waals surface area contributed by atoms with Crippen LogP contribution in [0.3, 0.4) is 0 Å². The number of aryl methyl sites for hydroxylation is 1. The monoisotopic (exact) mass is 272 g/mol. The normalized spacial score (nSPS) is 13.7. The van der Waals surface area contributed by atoms with E-state index in [4.69, 9.17) is 0 Å². The Balaban J connectivity index is 2.23. The van der Waals surface area contributed by atoms with Crippen molar-refractivity contribution in [1.82, 2.24) is 9.88 Å². The Hall–Kier alpha value is -1.61. The Morgan fingerprint density at radius 2 is 1.95 bits per heavy atom. The summed E-state index contributed by atoms with van der Waals surface area (Å²) in [5.41, 5.74) is 1.96. The highest BCUT2D eigenvalue weighted by atomic mass is 16.1. The standard InChI is InChI=1S/C17H24N2O/c1-12(10-18-17(2,3)4)16(20)14-11-19(5)15-9-7-6-8-13(14)15/h6-9,11-12,18H,10H2,1-5H3/t12-/m0/s1. The van der Waals surface area contributed by atoms with Gasteiger partial charge in [0.1, 0.15) is 0 Å². The van der Waals surface area contributed by atoms with E-state index in [0.717, 1.165) is 16.5 Å². The highest BCUT2D eigenvalue weighted by Gasteiger charge is 2.21. The summed E-state index contributed by atoms with van der Waals surface area (Å²) in [6.07, 6.45) is 1.95. The third-order valence-electron chi connectivity index (χ3n) is 3.55. The number of rotatable bonds is 4. The fourth-order valence-electron chi connectivity index (χ4n) is 2.36. The van der Waals surface area contributed by atoms with Crippen molar-refractivity contribution in [2.24, 2.45) is 13.0 Å². The summed E-state index contributed by atoms with van der Waals surface area (Å²) in [6.45, 7) is 9.03. The average molecular weight is 272 g/mol. The maximum atomic E-state index is 12.6. The highest BCUT2D eigenvalue weighted by Crippen LogP contribution is 2.23. The first kappa shape index (κ1) is 14.8. The van der Waals surface area contributed by atoms with Crippen molar-refractivity contribution >= 4 is 16.7 Å². The molecule has 0 unspecified atom stereocenters. The minimum absolute atomic E-state index is 0.0277. The molecule has 0 aliphatic rings. The Morgan fingerprint density at radius 3 is 2.60 bits per heavy atom. The van der Waals surface area contributed by atoms with Gasteiger partial charge in [-0.3, -0.25) is 4.79 Å². The zero-order chi connectivity index (χ0) is 14.9. The van der Waals surface area contributed by atoms with Crippen LogP contribution in [-0.2, 0) is 7.05 Å². The predicted octanol–water partition coefficient (Wildman–Crippen LogP) is 3.39. The van der Waals surface area contributed by atoms with Crippen LogP contribution in [0.5, 0.6) is 0 Å². The molecule has 1 aromatic heterocycles. The van der Waals surface area contributed by atoms with Gasteiger partial charge in [0.2, 0.25) is 0 Å². The fourth-order valence-corrected chi connectivity index (χ4v) is 2.36. The van der Waals surface area contributed by atoms with Gasteiger partial charge in [0.25, 0.3) is 0 Å². The number of nitrogens with one attached hydrogen (secondary N) is 1. The lowest BCUT2D eigenvalue weighted by Gasteiger charge is -2.22. The summed E-state index contributed by atoms with van der Waals surface area (Å²) >= 11 is 0. The quantitative estimate of drug-likeness (QED) is 0.866. The number of carbonyl (C=O) groups is 1. The van der Waals surface area contributed by atoms with Crippen LogP contribution in [0.25, 0.3) is 10.9 Å².